The number of pyridine rings is 1. The van der Waals surface area contributed by atoms with Gasteiger partial charge < -0.3 is 20.5 Å². The summed E-state index contributed by atoms with van der Waals surface area (Å²) in [4.78, 5) is 26.1. The minimum atomic E-state index is -1.10. The first-order chi connectivity index (χ1) is 9.02. The molecule has 0 aliphatic rings. The second kappa shape index (κ2) is 7.32. The fourth-order valence-electron chi connectivity index (χ4n) is 1.35. The second-order valence-corrected chi connectivity index (χ2v) is 3.93. The van der Waals surface area contributed by atoms with E-state index in [-0.39, 0.29) is 11.6 Å². The number of carbonyl (C=O) groups excluding carboxylic acids is 1. The Morgan fingerprint density at radius 2 is 2.21 bits per heavy atom. The lowest BCUT2D eigenvalue weighted by molar-refractivity contribution is 0.0696. The number of amides is 2. The Labute approximate surface area is 111 Å². The maximum absolute atomic E-state index is 11.6. The van der Waals surface area contributed by atoms with E-state index in [4.69, 9.17) is 9.84 Å². The minimum absolute atomic E-state index is 0.0140. The van der Waals surface area contributed by atoms with E-state index in [0.717, 1.165) is 0 Å². The normalized spacial score (nSPS) is 11.7. The van der Waals surface area contributed by atoms with Gasteiger partial charge in [0.1, 0.15) is 0 Å². The summed E-state index contributed by atoms with van der Waals surface area (Å²) >= 11 is 0. The molecule has 1 unspecified atom stereocenters. The van der Waals surface area contributed by atoms with E-state index >= 15 is 0 Å². The molecule has 1 rings (SSSR count). The van der Waals surface area contributed by atoms with Gasteiger partial charge >= 0.3 is 12.0 Å². The number of aromatic nitrogens is 1. The number of carboxylic acids is 1. The summed E-state index contributed by atoms with van der Waals surface area (Å²) in [6, 6.07) is 0.759. The molecule has 7 heteroatoms. The summed E-state index contributed by atoms with van der Waals surface area (Å²) in [6.07, 6.45) is 2.59. The monoisotopic (exact) mass is 267 g/mol. The van der Waals surface area contributed by atoms with E-state index in [9.17, 15) is 9.59 Å². The average Bonchev–Trinajstić information content (AvgIpc) is 2.36. The average molecular weight is 267 g/mol. The Balaban J connectivity index is 2.52. The van der Waals surface area contributed by atoms with Crippen molar-refractivity contribution in [1.82, 2.24) is 10.3 Å². The number of carbonyl (C=O) groups is 2. The zero-order valence-corrected chi connectivity index (χ0v) is 10.8. The van der Waals surface area contributed by atoms with Gasteiger partial charge in [0.2, 0.25) is 0 Å². The maximum Gasteiger partial charge on any atom is 0.337 e. The molecule has 2 amide bonds. The quantitative estimate of drug-likeness (QED) is 0.721. The number of anilines is 1. The number of hydrogen-bond acceptors (Lipinski definition) is 4. The zero-order chi connectivity index (χ0) is 14.3. The zero-order valence-electron chi connectivity index (χ0n) is 10.8. The molecule has 0 aliphatic heterocycles. The fourth-order valence-corrected chi connectivity index (χ4v) is 1.35. The highest BCUT2D eigenvalue weighted by molar-refractivity contribution is 5.92. The van der Waals surface area contributed by atoms with Gasteiger partial charge in [-0.3, -0.25) is 4.98 Å². The molecule has 1 aromatic rings. The maximum atomic E-state index is 11.6. The van der Waals surface area contributed by atoms with Crippen LogP contribution in [0.4, 0.5) is 10.5 Å². The van der Waals surface area contributed by atoms with E-state index in [1.165, 1.54) is 18.5 Å². The molecule has 0 fully saturated rings. The molecule has 19 heavy (non-hydrogen) atoms. The van der Waals surface area contributed by atoms with E-state index < -0.39 is 12.0 Å². The highest BCUT2D eigenvalue weighted by atomic mass is 16.5. The Bertz CT molecular complexity index is 450. The number of nitrogens with one attached hydrogen (secondary N) is 2. The van der Waals surface area contributed by atoms with Gasteiger partial charge in [0.15, 0.2) is 0 Å². The third-order valence-electron chi connectivity index (χ3n) is 2.19. The van der Waals surface area contributed by atoms with E-state index in [0.29, 0.717) is 18.9 Å². The van der Waals surface area contributed by atoms with Crippen molar-refractivity contribution in [2.75, 3.05) is 18.5 Å². The van der Waals surface area contributed by atoms with Crippen LogP contribution in [-0.4, -0.2) is 41.3 Å². The third-order valence-corrected chi connectivity index (χ3v) is 2.19. The summed E-state index contributed by atoms with van der Waals surface area (Å²) < 4.78 is 5.16. The molecule has 1 atom stereocenters. The summed E-state index contributed by atoms with van der Waals surface area (Å²) in [6.45, 7) is 4.67. The van der Waals surface area contributed by atoms with Crippen LogP contribution in [0.5, 0.6) is 0 Å². The number of urea groups is 1. The predicted octanol–water partition coefficient (Wildman–Crippen LogP) is 1.33. The van der Waals surface area contributed by atoms with Crippen LogP contribution in [0.2, 0.25) is 0 Å². The Kier molecular flexibility index (Phi) is 5.74. The van der Waals surface area contributed by atoms with Crippen LogP contribution in [0.3, 0.4) is 0 Å². The molecule has 0 saturated carbocycles. The van der Waals surface area contributed by atoms with E-state index in [2.05, 4.69) is 15.6 Å². The molecule has 0 saturated heterocycles. The lowest BCUT2D eigenvalue weighted by atomic mass is 10.2. The molecule has 0 radical (unpaired) electrons. The molecule has 1 aromatic heterocycles. The largest absolute Gasteiger partial charge is 0.478 e. The highest BCUT2D eigenvalue weighted by Crippen LogP contribution is 2.08. The Morgan fingerprint density at radius 1 is 1.47 bits per heavy atom. The lowest BCUT2D eigenvalue weighted by Gasteiger charge is -2.14. The molecule has 7 nitrogen and oxygen atoms in total. The predicted molar refractivity (Wildman–Crippen MR) is 69.3 cm³/mol. The third kappa shape index (κ3) is 5.35. The summed E-state index contributed by atoms with van der Waals surface area (Å²) in [5.41, 5.74) is 0.334. The highest BCUT2D eigenvalue weighted by Gasteiger charge is 2.09. The van der Waals surface area contributed by atoms with Gasteiger partial charge in [-0.25, -0.2) is 9.59 Å². The fraction of sp³-hybridized carbons (Fsp3) is 0.417. The van der Waals surface area contributed by atoms with Gasteiger partial charge in [-0.15, -0.1) is 0 Å². The molecule has 0 aliphatic carbocycles. The van der Waals surface area contributed by atoms with Crippen LogP contribution < -0.4 is 10.6 Å². The topological polar surface area (TPSA) is 101 Å². The first-order valence-corrected chi connectivity index (χ1v) is 5.86. The standard InChI is InChI=1S/C12H17N3O4/c1-3-19-7-8(2)14-12(18)15-10-4-9(11(16)17)5-13-6-10/h4-6,8H,3,7H2,1-2H3,(H,16,17)(H2,14,15,18). The van der Waals surface area contributed by atoms with Gasteiger partial charge in [0, 0.05) is 12.8 Å². The summed E-state index contributed by atoms with van der Waals surface area (Å²) in [5.74, 6) is -1.10. The molecular weight excluding hydrogens is 250 g/mol. The van der Waals surface area contributed by atoms with Crippen molar-refractivity contribution in [3.8, 4) is 0 Å². The molecule has 0 aromatic carbocycles. The van der Waals surface area contributed by atoms with E-state index in [1.807, 2.05) is 6.92 Å². The van der Waals surface area contributed by atoms with Crippen molar-refractivity contribution in [1.29, 1.82) is 0 Å². The van der Waals surface area contributed by atoms with Crippen molar-refractivity contribution in [2.45, 2.75) is 19.9 Å². The van der Waals surface area contributed by atoms with E-state index in [1.54, 1.807) is 6.92 Å². The number of ether oxygens (including phenoxy) is 1. The first kappa shape index (κ1) is 14.9. The number of carboxylic acid groups (broad SMARTS) is 1. The van der Waals surface area contributed by atoms with Crippen LogP contribution in [0.1, 0.15) is 24.2 Å². The number of hydrogen-bond donors (Lipinski definition) is 3. The van der Waals surface area contributed by atoms with Crippen molar-refractivity contribution in [3.05, 3.63) is 24.0 Å². The van der Waals surface area contributed by atoms with Crippen LogP contribution in [-0.2, 0) is 4.74 Å². The second-order valence-electron chi connectivity index (χ2n) is 3.93. The molecule has 3 N–H and O–H groups in total. The SMILES string of the molecule is CCOCC(C)NC(=O)Nc1cncc(C(=O)O)c1. The Hall–Kier alpha value is -2.15. The van der Waals surface area contributed by atoms with Gasteiger partial charge in [-0.05, 0) is 19.9 Å². The summed E-state index contributed by atoms with van der Waals surface area (Å²) in [7, 11) is 0. The van der Waals surface area contributed by atoms with Gasteiger partial charge in [-0.2, -0.15) is 0 Å². The van der Waals surface area contributed by atoms with Crippen molar-refractivity contribution in [3.63, 3.8) is 0 Å². The molecular formula is C12H17N3O4. The molecule has 104 valence electrons. The Morgan fingerprint density at radius 3 is 2.84 bits per heavy atom. The van der Waals surface area contributed by atoms with Crippen molar-refractivity contribution < 1.29 is 19.4 Å². The lowest BCUT2D eigenvalue weighted by Crippen LogP contribution is -2.38. The van der Waals surface area contributed by atoms with Gasteiger partial charge in [0.05, 0.1) is 30.1 Å². The molecule has 0 spiro atoms. The van der Waals surface area contributed by atoms with Crippen molar-refractivity contribution >= 4 is 17.7 Å². The van der Waals surface area contributed by atoms with Crippen LogP contribution in [0.25, 0.3) is 0 Å². The smallest absolute Gasteiger partial charge is 0.337 e. The molecule has 1 heterocycles. The van der Waals surface area contributed by atoms with Crippen molar-refractivity contribution in [2.24, 2.45) is 0 Å². The van der Waals surface area contributed by atoms with Gasteiger partial charge in [0.25, 0.3) is 0 Å². The van der Waals surface area contributed by atoms with Crippen LogP contribution in [0.15, 0.2) is 18.5 Å². The number of aromatic carboxylic acids is 1. The van der Waals surface area contributed by atoms with Crippen LogP contribution in [0, 0.1) is 0 Å². The number of nitrogens with zero attached hydrogens (tertiary/aromatic N) is 1. The van der Waals surface area contributed by atoms with Gasteiger partial charge in [-0.1, -0.05) is 0 Å². The summed E-state index contributed by atoms with van der Waals surface area (Å²) in [5, 5.41) is 14.0. The van der Waals surface area contributed by atoms with Crippen LogP contribution >= 0.6 is 0 Å². The minimum Gasteiger partial charge on any atom is -0.478 e. The molecule has 0 bridgehead atoms. The number of rotatable bonds is 6. The first-order valence-electron chi connectivity index (χ1n) is 5.86.